The maximum Gasteiger partial charge on any atom is 0.355 e. The first-order valence-corrected chi connectivity index (χ1v) is 7.72. The second-order valence-electron chi connectivity index (χ2n) is 6.03. The van der Waals surface area contributed by atoms with Crippen molar-refractivity contribution in [2.24, 2.45) is 0 Å². The van der Waals surface area contributed by atoms with Gasteiger partial charge < -0.3 is 28.4 Å². The van der Waals surface area contributed by atoms with Crippen LogP contribution in [0.15, 0.2) is 36.4 Å². The summed E-state index contributed by atoms with van der Waals surface area (Å²) < 4.78 is 32.3. The van der Waals surface area contributed by atoms with Crippen molar-refractivity contribution in [1.82, 2.24) is 0 Å². The largest absolute Gasteiger partial charge is 0.476 e. The van der Waals surface area contributed by atoms with Crippen molar-refractivity contribution in [2.45, 2.75) is 19.4 Å². The molecule has 2 heterocycles. The molecule has 2 aliphatic heterocycles. The van der Waals surface area contributed by atoms with Crippen LogP contribution in [-0.2, 0) is 4.79 Å². The van der Waals surface area contributed by atoms with Gasteiger partial charge in [-0.2, -0.15) is 0 Å². The number of esters is 1. The van der Waals surface area contributed by atoms with Gasteiger partial charge in [0.1, 0.15) is 11.5 Å². The van der Waals surface area contributed by atoms with E-state index in [-0.39, 0.29) is 13.6 Å². The highest BCUT2D eigenvalue weighted by Gasteiger charge is 2.33. The molecule has 0 fully saturated rings. The minimum atomic E-state index is -1.20. The van der Waals surface area contributed by atoms with Gasteiger partial charge in [-0.25, -0.2) is 4.79 Å². The van der Waals surface area contributed by atoms with Gasteiger partial charge in [0.2, 0.25) is 19.2 Å². The fourth-order valence-electron chi connectivity index (χ4n) is 2.45. The first-order valence-electron chi connectivity index (χ1n) is 7.72. The molecule has 0 aromatic heterocycles. The van der Waals surface area contributed by atoms with Gasteiger partial charge >= 0.3 is 5.97 Å². The first kappa shape index (κ1) is 15.4. The summed E-state index contributed by atoms with van der Waals surface area (Å²) in [6.45, 7) is 3.60. The summed E-state index contributed by atoms with van der Waals surface area (Å²) >= 11 is 0. The molecule has 7 nitrogen and oxygen atoms in total. The Bertz CT molecular complexity index is 828. The Labute approximate surface area is 144 Å². The van der Waals surface area contributed by atoms with Gasteiger partial charge in [-0.05, 0) is 38.1 Å². The van der Waals surface area contributed by atoms with Crippen molar-refractivity contribution in [1.29, 1.82) is 0 Å². The third-order valence-electron chi connectivity index (χ3n) is 3.76. The van der Waals surface area contributed by atoms with E-state index in [1.807, 2.05) is 0 Å². The molecule has 4 rings (SSSR count). The molecule has 0 atom stereocenters. The van der Waals surface area contributed by atoms with Crippen LogP contribution in [-0.4, -0.2) is 25.2 Å². The average molecular weight is 344 g/mol. The lowest BCUT2D eigenvalue weighted by Crippen LogP contribution is -2.41. The van der Waals surface area contributed by atoms with Crippen LogP contribution >= 0.6 is 0 Å². The molecule has 0 saturated carbocycles. The Morgan fingerprint density at radius 2 is 1.36 bits per heavy atom. The number of carbonyl (C=O) groups excluding carboxylic acids is 1. The van der Waals surface area contributed by atoms with E-state index in [0.717, 1.165) is 0 Å². The Morgan fingerprint density at radius 1 is 0.840 bits per heavy atom. The Morgan fingerprint density at radius 3 is 2.00 bits per heavy atom. The fourth-order valence-corrected chi connectivity index (χ4v) is 2.45. The van der Waals surface area contributed by atoms with E-state index in [1.165, 1.54) is 0 Å². The topological polar surface area (TPSA) is 72.5 Å². The van der Waals surface area contributed by atoms with Crippen molar-refractivity contribution in [2.75, 3.05) is 13.6 Å². The molecule has 130 valence electrons. The summed E-state index contributed by atoms with van der Waals surface area (Å²) in [5.74, 6) is 2.69. The van der Waals surface area contributed by atoms with Crippen LogP contribution in [0.4, 0.5) is 0 Å². The lowest BCUT2D eigenvalue weighted by atomic mass is 10.1. The Balaban J connectivity index is 1.46. The molecule has 0 unspecified atom stereocenters. The molecule has 0 amide bonds. The molecule has 25 heavy (non-hydrogen) atoms. The SMILES string of the molecule is CC(C)(Oc1ccc2c(c1)OCO2)C(=O)Oc1ccc2c(c1)OCO2. The summed E-state index contributed by atoms with van der Waals surface area (Å²) in [5.41, 5.74) is -1.20. The van der Waals surface area contributed by atoms with Crippen molar-refractivity contribution < 1.29 is 33.2 Å². The third-order valence-corrected chi connectivity index (χ3v) is 3.76. The predicted octanol–water partition coefficient (Wildman–Crippen LogP) is 2.91. The van der Waals surface area contributed by atoms with Crippen LogP contribution in [0, 0.1) is 0 Å². The van der Waals surface area contributed by atoms with Crippen LogP contribution in [0.25, 0.3) is 0 Å². The number of fused-ring (bicyclic) bond motifs is 2. The standard InChI is InChI=1S/C18H16O7/c1-18(2,25-12-4-6-14-16(8-12)23-10-21-14)17(19)24-11-3-5-13-15(7-11)22-9-20-13/h3-8H,9-10H2,1-2H3. The van der Waals surface area contributed by atoms with E-state index in [0.29, 0.717) is 34.5 Å². The minimum Gasteiger partial charge on any atom is -0.476 e. The van der Waals surface area contributed by atoms with E-state index in [4.69, 9.17) is 28.4 Å². The Hall–Kier alpha value is -3.09. The third kappa shape index (κ3) is 3.00. The monoisotopic (exact) mass is 344 g/mol. The van der Waals surface area contributed by atoms with Gasteiger partial charge in [-0.3, -0.25) is 0 Å². The second kappa shape index (κ2) is 5.77. The maximum absolute atomic E-state index is 12.5. The lowest BCUT2D eigenvalue weighted by molar-refractivity contribution is -0.149. The van der Waals surface area contributed by atoms with E-state index in [9.17, 15) is 4.79 Å². The lowest BCUT2D eigenvalue weighted by Gasteiger charge is -2.24. The molecule has 0 saturated heterocycles. The molecule has 0 bridgehead atoms. The van der Waals surface area contributed by atoms with Crippen LogP contribution < -0.4 is 28.4 Å². The first-order chi connectivity index (χ1) is 12.0. The molecule has 2 aromatic carbocycles. The summed E-state index contributed by atoms with van der Waals surface area (Å²) in [7, 11) is 0. The van der Waals surface area contributed by atoms with E-state index >= 15 is 0 Å². The molecule has 2 aromatic rings. The van der Waals surface area contributed by atoms with Gasteiger partial charge in [-0.1, -0.05) is 0 Å². The summed E-state index contributed by atoms with van der Waals surface area (Å²) in [6.07, 6.45) is 0. The zero-order chi connectivity index (χ0) is 17.4. The highest BCUT2D eigenvalue weighted by Crippen LogP contribution is 2.37. The summed E-state index contributed by atoms with van der Waals surface area (Å²) in [5, 5.41) is 0. The van der Waals surface area contributed by atoms with Gasteiger partial charge in [0.05, 0.1) is 0 Å². The number of benzene rings is 2. The zero-order valence-corrected chi connectivity index (χ0v) is 13.7. The zero-order valence-electron chi connectivity index (χ0n) is 13.7. The van der Waals surface area contributed by atoms with E-state index in [2.05, 4.69) is 0 Å². The molecule has 0 N–H and O–H groups in total. The van der Waals surface area contributed by atoms with Crippen molar-refractivity contribution in [3.8, 4) is 34.5 Å². The number of hydrogen-bond donors (Lipinski definition) is 0. The minimum absolute atomic E-state index is 0.158. The van der Waals surface area contributed by atoms with Crippen LogP contribution in [0.3, 0.4) is 0 Å². The molecule has 0 aliphatic carbocycles. The second-order valence-corrected chi connectivity index (χ2v) is 6.03. The molecular weight excluding hydrogens is 328 g/mol. The quantitative estimate of drug-likeness (QED) is 0.624. The molecule has 0 spiro atoms. The number of hydrogen-bond acceptors (Lipinski definition) is 7. The van der Waals surface area contributed by atoms with Crippen LogP contribution in [0.2, 0.25) is 0 Å². The van der Waals surface area contributed by atoms with E-state index < -0.39 is 11.6 Å². The van der Waals surface area contributed by atoms with Gasteiger partial charge in [0, 0.05) is 12.1 Å². The number of rotatable bonds is 4. The normalized spacial score (nSPS) is 14.3. The van der Waals surface area contributed by atoms with Crippen molar-refractivity contribution >= 4 is 5.97 Å². The smallest absolute Gasteiger partial charge is 0.355 e. The van der Waals surface area contributed by atoms with Crippen molar-refractivity contribution in [3.63, 3.8) is 0 Å². The molecule has 7 heteroatoms. The average Bonchev–Trinajstić information content (AvgIpc) is 3.22. The highest BCUT2D eigenvalue weighted by molar-refractivity contribution is 5.81. The molecule has 2 aliphatic rings. The molecular formula is C18H16O7. The number of ether oxygens (including phenoxy) is 6. The van der Waals surface area contributed by atoms with Crippen LogP contribution in [0.1, 0.15) is 13.8 Å². The van der Waals surface area contributed by atoms with Gasteiger partial charge in [-0.15, -0.1) is 0 Å². The van der Waals surface area contributed by atoms with Gasteiger partial charge in [0.25, 0.3) is 0 Å². The molecule has 0 radical (unpaired) electrons. The fraction of sp³-hybridized carbons (Fsp3) is 0.278. The Kier molecular flexibility index (Phi) is 3.56. The van der Waals surface area contributed by atoms with Crippen LogP contribution in [0.5, 0.6) is 34.5 Å². The van der Waals surface area contributed by atoms with Crippen molar-refractivity contribution in [3.05, 3.63) is 36.4 Å². The maximum atomic E-state index is 12.5. The predicted molar refractivity (Wildman–Crippen MR) is 85.5 cm³/mol. The number of carbonyl (C=O) groups is 1. The highest BCUT2D eigenvalue weighted by atomic mass is 16.7. The summed E-state index contributed by atoms with van der Waals surface area (Å²) in [6, 6.07) is 10.1. The van der Waals surface area contributed by atoms with E-state index in [1.54, 1.807) is 50.2 Å². The summed E-state index contributed by atoms with van der Waals surface area (Å²) in [4.78, 5) is 12.5. The van der Waals surface area contributed by atoms with Gasteiger partial charge in [0.15, 0.2) is 23.0 Å².